The predicted octanol–water partition coefficient (Wildman–Crippen LogP) is 4.41. The summed E-state index contributed by atoms with van der Waals surface area (Å²) in [5, 5.41) is 3.48. The monoisotopic (exact) mass is 452 g/mol. The second kappa shape index (κ2) is 9.62. The Kier molecular flexibility index (Phi) is 6.47. The van der Waals surface area contributed by atoms with Crippen molar-refractivity contribution in [3.05, 3.63) is 77.3 Å². The van der Waals surface area contributed by atoms with E-state index in [1.165, 1.54) is 0 Å². The van der Waals surface area contributed by atoms with Gasteiger partial charge in [0.25, 0.3) is 11.8 Å². The molecule has 0 bridgehead atoms. The standard InChI is InChI=1S/C24H21ClN2O5/c1-30-19-7-2-16(3-8-19)24(29)26-18-6-11-22-21(14-18)27(23(28)15-32-22)12-13-31-20-9-4-17(25)5-10-20/h2-11,14H,12-13,15H2,1H3,(H,26,29). The summed E-state index contributed by atoms with van der Waals surface area (Å²) in [6.07, 6.45) is 0. The van der Waals surface area contributed by atoms with Crippen molar-refractivity contribution in [2.24, 2.45) is 0 Å². The van der Waals surface area contributed by atoms with Gasteiger partial charge in [-0.3, -0.25) is 9.59 Å². The highest BCUT2D eigenvalue weighted by Gasteiger charge is 2.26. The predicted molar refractivity (Wildman–Crippen MR) is 122 cm³/mol. The first-order valence-corrected chi connectivity index (χ1v) is 10.3. The van der Waals surface area contributed by atoms with Gasteiger partial charge in [-0.2, -0.15) is 0 Å². The summed E-state index contributed by atoms with van der Waals surface area (Å²) in [7, 11) is 1.57. The second-order valence-electron chi connectivity index (χ2n) is 7.00. The molecule has 2 amide bonds. The average molecular weight is 453 g/mol. The Morgan fingerprint density at radius 3 is 2.50 bits per heavy atom. The first-order chi connectivity index (χ1) is 15.5. The van der Waals surface area contributed by atoms with Crippen LogP contribution in [0.2, 0.25) is 5.02 Å². The van der Waals surface area contributed by atoms with Crippen molar-refractivity contribution in [2.45, 2.75) is 0 Å². The molecule has 7 nitrogen and oxygen atoms in total. The molecule has 1 aliphatic rings. The number of hydrogen-bond donors (Lipinski definition) is 1. The fourth-order valence-corrected chi connectivity index (χ4v) is 3.38. The van der Waals surface area contributed by atoms with Crippen molar-refractivity contribution in [2.75, 3.05) is 37.1 Å². The van der Waals surface area contributed by atoms with Gasteiger partial charge in [0, 0.05) is 16.3 Å². The Hall–Kier alpha value is -3.71. The number of nitrogens with one attached hydrogen (secondary N) is 1. The Morgan fingerprint density at radius 2 is 1.78 bits per heavy atom. The van der Waals surface area contributed by atoms with Crippen molar-refractivity contribution in [1.82, 2.24) is 0 Å². The summed E-state index contributed by atoms with van der Waals surface area (Å²) in [6, 6.07) is 19.0. The first kappa shape index (κ1) is 21.5. The summed E-state index contributed by atoms with van der Waals surface area (Å²) >= 11 is 5.89. The van der Waals surface area contributed by atoms with Crippen LogP contribution in [0.1, 0.15) is 10.4 Å². The Bertz CT molecular complexity index is 1120. The van der Waals surface area contributed by atoms with E-state index < -0.39 is 0 Å². The summed E-state index contributed by atoms with van der Waals surface area (Å²) in [5.74, 6) is 1.45. The molecule has 1 heterocycles. The lowest BCUT2D eigenvalue weighted by atomic mass is 10.1. The molecule has 0 fully saturated rings. The molecular weight excluding hydrogens is 432 g/mol. The summed E-state index contributed by atoms with van der Waals surface area (Å²) in [5.41, 5.74) is 1.61. The molecule has 0 atom stereocenters. The maximum absolute atomic E-state index is 12.6. The number of fused-ring (bicyclic) bond motifs is 1. The van der Waals surface area contributed by atoms with Gasteiger partial charge in [0.15, 0.2) is 6.61 Å². The maximum atomic E-state index is 12.6. The van der Waals surface area contributed by atoms with Crippen molar-refractivity contribution >= 4 is 34.8 Å². The van der Waals surface area contributed by atoms with E-state index in [1.54, 1.807) is 78.7 Å². The minimum Gasteiger partial charge on any atom is -0.497 e. The van der Waals surface area contributed by atoms with Crippen LogP contribution in [0, 0.1) is 0 Å². The molecule has 0 saturated heterocycles. The number of ether oxygens (including phenoxy) is 3. The minimum absolute atomic E-state index is 0.0501. The van der Waals surface area contributed by atoms with E-state index in [4.69, 9.17) is 25.8 Å². The van der Waals surface area contributed by atoms with E-state index in [2.05, 4.69) is 5.32 Å². The fourth-order valence-electron chi connectivity index (χ4n) is 3.26. The molecular formula is C24H21ClN2O5. The van der Waals surface area contributed by atoms with Gasteiger partial charge >= 0.3 is 0 Å². The highest BCUT2D eigenvalue weighted by Crippen LogP contribution is 2.34. The molecule has 0 aromatic heterocycles. The number of carbonyl (C=O) groups excluding carboxylic acids is 2. The highest BCUT2D eigenvalue weighted by atomic mass is 35.5. The summed E-state index contributed by atoms with van der Waals surface area (Å²) in [6.45, 7) is 0.564. The van der Waals surface area contributed by atoms with E-state index in [0.717, 1.165) is 0 Å². The van der Waals surface area contributed by atoms with Crippen molar-refractivity contribution < 1.29 is 23.8 Å². The number of hydrogen-bond acceptors (Lipinski definition) is 5. The first-order valence-electron chi connectivity index (χ1n) is 9.94. The number of anilines is 2. The SMILES string of the molecule is COc1ccc(C(=O)Nc2ccc3c(c2)N(CCOc2ccc(Cl)cc2)C(=O)CO3)cc1. The smallest absolute Gasteiger partial charge is 0.265 e. The molecule has 0 radical (unpaired) electrons. The number of methoxy groups -OCH3 is 1. The van der Waals surface area contributed by atoms with E-state index in [9.17, 15) is 9.59 Å². The molecule has 164 valence electrons. The van der Waals surface area contributed by atoms with Crippen LogP contribution >= 0.6 is 11.6 Å². The fraction of sp³-hybridized carbons (Fsp3) is 0.167. The van der Waals surface area contributed by atoms with Gasteiger partial charge in [0.2, 0.25) is 0 Å². The minimum atomic E-state index is -0.270. The lowest BCUT2D eigenvalue weighted by molar-refractivity contribution is -0.121. The zero-order chi connectivity index (χ0) is 22.5. The zero-order valence-corrected chi connectivity index (χ0v) is 18.1. The number of halogens is 1. The van der Waals surface area contributed by atoms with Gasteiger partial charge in [-0.15, -0.1) is 0 Å². The van der Waals surface area contributed by atoms with Crippen LogP contribution < -0.4 is 24.4 Å². The number of carbonyl (C=O) groups is 2. The third kappa shape index (κ3) is 4.95. The van der Waals surface area contributed by atoms with E-state index in [0.29, 0.717) is 45.8 Å². The summed E-state index contributed by atoms with van der Waals surface area (Å²) < 4.78 is 16.4. The molecule has 1 N–H and O–H groups in total. The average Bonchev–Trinajstić information content (AvgIpc) is 2.82. The van der Waals surface area contributed by atoms with Crippen molar-refractivity contribution in [1.29, 1.82) is 0 Å². The second-order valence-corrected chi connectivity index (χ2v) is 7.44. The van der Waals surface area contributed by atoms with Crippen LogP contribution in [-0.2, 0) is 4.79 Å². The lowest BCUT2D eigenvalue weighted by Crippen LogP contribution is -2.41. The highest BCUT2D eigenvalue weighted by molar-refractivity contribution is 6.30. The molecule has 0 aliphatic carbocycles. The van der Waals surface area contributed by atoms with Gasteiger partial charge in [0.1, 0.15) is 23.9 Å². The van der Waals surface area contributed by atoms with Crippen LogP contribution in [0.15, 0.2) is 66.7 Å². The molecule has 1 aliphatic heterocycles. The number of benzene rings is 3. The Labute approximate surface area is 190 Å². The summed E-state index contributed by atoms with van der Waals surface area (Å²) in [4.78, 5) is 26.7. The molecule has 0 spiro atoms. The molecule has 32 heavy (non-hydrogen) atoms. The van der Waals surface area contributed by atoms with E-state index >= 15 is 0 Å². The number of amides is 2. The van der Waals surface area contributed by atoms with Crippen LogP contribution in [0.3, 0.4) is 0 Å². The van der Waals surface area contributed by atoms with Crippen molar-refractivity contribution in [3.8, 4) is 17.2 Å². The molecule has 4 rings (SSSR count). The number of nitrogens with zero attached hydrogens (tertiary/aromatic N) is 1. The van der Waals surface area contributed by atoms with Gasteiger partial charge in [-0.1, -0.05) is 11.6 Å². The third-order valence-electron chi connectivity index (χ3n) is 4.91. The van der Waals surface area contributed by atoms with Crippen LogP contribution in [0.25, 0.3) is 0 Å². The topological polar surface area (TPSA) is 77.1 Å². The molecule has 8 heteroatoms. The molecule has 3 aromatic rings. The van der Waals surface area contributed by atoms with Gasteiger partial charge in [-0.05, 0) is 66.7 Å². The zero-order valence-electron chi connectivity index (χ0n) is 17.3. The largest absolute Gasteiger partial charge is 0.497 e. The normalized spacial score (nSPS) is 12.6. The molecule has 3 aromatic carbocycles. The third-order valence-corrected chi connectivity index (χ3v) is 5.16. The Morgan fingerprint density at radius 1 is 1.06 bits per heavy atom. The quantitative estimate of drug-likeness (QED) is 0.574. The van der Waals surface area contributed by atoms with Gasteiger partial charge < -0.3 is 24.4 Å². The maximum Gasteiger partial charge on any atom is 0.265 e. The van der Waals surface area contributed by atoms with Crippen LogP contribution in [0.5, 0.6) is 17.2 Å². The Balaban J connectivity index is 1.46. The van der Waals surface area contributed by atoms with Crippen LogP contribution in [0.4, 0.5) is 11.4 Å². The number of rotatable bonds is 7. The van der Waals surface area contributed by atoms with Gasteiger partial charge in [0.05, 0.1) is 19.3 Å². The van der Waals surface area contributed by atoms with Gasteiger partial charge in [-0.25, -0.2) is 0 Å². The lowest BCUT2D eigenvalue weighted by Gasteiger charge is -2.29. The molecule has 0 unspecified atom stereocenters. The van der Waals surface area contributed by atoms with E-state index in [-0.39, 0.29) is 25.0 Å². The van der Waals surface area contributed by atoms with Crippen molar-refractivity contribution in [3.63, 3.8) is 0 Å². The molecule has 0 saturated carbocycles. The van der Waals surface area contributed by atoms with Crippen LogP contribution in [-0.4, -0.2) is 38.7 Å². The van der Waals surface area contributed by atoms with E-state index in [1.807, 2.05) is 0 Å².